The molecule has 0 aliphatic carbocycles. The van der Waals surface area contributed by atoms with E-state index in [1.807, 2.05) is 6.92 Å². The number of nitrogens with one attached hydrogen (secondary N) is 1. The normalized spacial score (nSPS) is 10.7. The molecular weight excluding hydrogens is 383 g/mol. The maximum atomic E-state index is 12.4. The molecule has 0 aliphatic rings. The highest BCUT2D eigenvalue weighted by Crippen LogP contribution is 2.30. The lowest BCUT2D eigenvalue weighted by Crippen LogP contribution is -2.12. The zero-order valence-electron chi connectivity index (χ0n) is 13.1. The average Bonchev–Trinajstić information content (AvgIpc) is 3.01. The largest absolute Gasteiger partial charge is 0.451 e. The molecule has 3 aromatic rings. The second kappa shape index (κ2) is 7.00. The number of nitrogen functional groups attached to an aromatic ring is 1. The lowest BCUT2D eigenvalue weighted by atomic mass is 10.2. The second-order valence-electron chi connectivity index (χ2n) is 5.46. The number of anilines is 2. The van der Waals surface area contributed by atoms with Crippen molar-refractivity contribution in [2.45, 2.75) is 6.92 Å². The molecule has 25 heavy (non-hydrogen) atoms. The van der Waals surface area contributed by atoms with Crippen molar-refractivity contribution in [3.05, 3.63) is 68.9 Å². The molecule has 3 N–H and O–H groups in total. The van der Waals surface area contributed by atoms with Crippen molar-refractivity contribution in [2.75, 3.05) is 11.1 Å². The summed E-state index contributed by atoms with van der Waals surface area (Å²) >= 11 is 18.1. The summed E-state index contributed by atoms with van der Waals surface area (Å²) in [7, 11) is 0. The number of hydrogen-bond donors (Lipinski definition) is 2. The molecule has 128 valence electrons. The Hall–Kier alpha value is -2.14. The first-order chi connectivity index (χ1) is 11.8. The van der Waals surface area contributed by atoms with E-state index in [1.54, 1.807) is 42.5 Å². The third kappa shape index (κ3) is 3.93. The first-order valence-electron chi connectivity index (χ1n) is 7.27. The molecule has 0 atom stereocenters. The van der Waals surface area contributed by atoms with Gasteiger partial charge in [-0.25, -0.2) is 0 Å². The molecule has 0 spiro atoms. The SMILES string of the molecule is Cc1cc(N)c(NC(=O)c2ccc(-c3cc(Cl)cc(Cl)c3)o2)cc1Cl. The molecule has 1 amide bonds. The smallest absolute Gasteiger partial charge is 0.291 e. The lowest BCUT2D eigenvalue weighted by Gasteiger charge is -2.09. The molecule has 0 fully saturated rings. The van der Waals surface area contributed by atoms with Gasteiger partial charge in [-0.15, -0.1) is 0 Å². The summed E-state index contributed by atoms with van der Waals surface area (Å²) < 4.78 is 5.60. The van der Waals surface area contributed by atoms with Crippen LogP contribution in [0.15, 0.2) is 46.9 Å². The van der Waals surface area contributed by atoms with Crippen LogP contribution in [0, 0.1) is 6.92 Å². The van der Waals surface area contributed by atoms with Crippen LogP contribution in [0.25, 0.3) is 11.3 Å². The second-order valence-corrected chi connectivity index (χ2v) is 6.74. The van der Waals surface area contributed by atoms with Gasteiger partial charge in [0, 0.05) is 20.6 Å². The number of hydrogen-bond acceptors (Lipinski definition) is 3. The standard InChI is InChI=1S/C18H13Cl3N2O2/c1-9-4-14(22)15(8-13(9)21)23-18(24)17-3-2-16(25-17)10-5-11(19)7-12(20)6-10/h2-8H,22H2,1H3,(H,23,24). The molecule has 0 saturated heterocycles. The van der Waals surface area contributed by atoms with E-state index in [9.17, 15) is 4.79 Å². The number of aryl methyl sites for hydroxylation is 1. The number of furan rings is 1. The van der Waals surface area contributed by atoms with E-state index >= 15 is 0 Å². The molecule has 4 nitrogen and oxygen atoms in total. The quantitative estimate of drug-likeness (QED) is 0.530. The van der Waals surface area contributed by atoms with E-state index in [0.29, 0.717) is 37.8 Å². The lowest BCUT2D eigenvalue weighted by molar-refractivity contribution is 0.0997. The van der Waals surface area contributed by atoms with Gasteiger partial charge in [0.2, 0.25) is 0 Å². The molecule has 0 saturated carbocycles. The minimum absolute atomic E-state index is 0.127. The van der Waals surface area contributed by atoms with Gasteiger partial charge in [-0.05, 0) is 55.0 Å². The van der Waals surface area contributed by atoms with Crippen molar-refractivity contribution in [3.63, 3.8) is 0 Å². The number of carbonyl (C=O) groups is 1. The fourth-order valence-electron chi connectivity index (χ4n) is 2.31. The van der Waals surface area contributed by atoms with E-state index in [0.717, 1.165) is 5.56 Å². The van der Waals surface area contributed by atoms with Gasteiger partial charge in [0.25, 0.3) is 5.91 Å². The number of halogens is 3. The minimum atomic E-state index is -0.439. The molecule has 1 heterocycles. The number of rotatable bonds is 3. The molecule has 2 aromatic carbocycles. The fraction of sp³-hybridized carbons (Fsp3) is 0.0556. The highest BCUT2D eigenvalue weighted by Gasteiger charge is 2.15. The van der Waals surface area contributed by atoms with Gasteiger partial charge < -0.3 is 15.5 Å². The van der Waals surface area contributed by atoms with Crippen LogP contribution in [0.2, 0.25) is 15.1 Å². The predicted molar refractivity (Wildman–Crippen MR) is 103 cm³/mol. The fourth-order valence-corrected chi connectivity index (χ4v) is 3.00. The molecule has 0 aliphatic heterocycles. The maximum Gasteiger partial charge on any atom is 0.291 e. The Labute approximate surface area is 159 Å². The topological polar surface area (TPSA) is 68.3 Å². The number of nitrogens with two attached hydrogens (primary N) is 1. The molecular formula is C18H13Cl3N2O2. The van der Waals surface area contributed by atoms with Crippen LogP contribution in [-0.4, -0.2) is 5.91 Å². The Bertz CT molecular complexity index is 947. The number of benzene rings is 2. The summed E-state index contributed by atoms with van der Waals surface area (Å²) in [4.78, 5) is 12.4. The van der Waals surface area contributed by atoms with E-state index in [-0.39, 0.29) is 5.76 Å². The van der Waals surface area contributed by atoms with Crippen molar-refractivity contribution in [1.29, 1.82) is 0 Å². The van der Waals surface area contributed by atoms with Crippen molar-refractivity contribution in [2.24, 2.45) is 0 Å². The van der Waals surface area contributed by atoms with E-state index in [4.69, 9.17) is 45.0 Å². The van der Waals surface area contributed by atoms with Crippen molar-refractivity contribution < 1.29 is 9.21 Å². The van der Waals surface area contributed by atoms with Crippen LogP contribution in [0.4, 0.5) is 11.4 Å². The Kier molecular flexibility index (Phi) is 4.95. The van der Waals surface area contributed by atoms with Gasteiger partial charge in [0.05, 0.1) is 11.4 Å². The van der Waals surface area contributed by atoms with Crippen LogP contribution >= 0.6 is 34.8 Å². The summed E-state index contributed by atoms with van der Waals surface area (Å²) in [5, 5.41) is 4.16. The van der Waals surface area contributed by atoms with Crippen molar-refractivity contribution in [1.82, 2.24) is 0 Å². The molecule has 0 unspecified atom stereocenters. The van der Waals surface area contributed by atoms with E-state index in [2.05, 4.69) is 5.32 Å². The van der Waals surface area contributed by atoms with Gasteiger partial charge in [0.15, 0.2) is 5.76 Å². The van der Waals surface area contributed by atoms with Crippen LogP contribution < -0.4 is 11.1 Å². The van der Waals surface area contributed by atoms with Crippen LogP contribution in [0.3, 0.4) is 0 Å². The number of carbonyl (C=O) groups excluding carboxylic acids is 1. The van der Waals surface area contributed by atoms with Crippen LogP contribution in [-0.2, 0) is 0 Å². The van der Waals surface area contributed by atoms with Gasteiger partial charge in [0.1, 0.15) is 5.76 Å². The molecule has 3 rings (SSSR count). The highest BCUT2D eigenvalue weighted by molar-refractivity contribution is 6.35. The zero-order chi connectivity index (χ0) is 18.1. The van der Waals surface area contributed by atoms with Crippen molar-refractivity contribution >= 4 is 52.1 Å². The third-order valence-corrected chi connectivity index (χ3v) is 4.40. The summed E-state index contributed by atoms with van der Waals surface area (Å²) in [5.41, 5.74) is 8.26. The highest BCUT2D eigenvalue weighted by atomic mass is 35.5. The number of amides is 1. The Morgan fingerprint density at radius 2 is 1.72 bits per heavy atom. The van der Waals surface area contributed by atoms with E-state index < -0.39 is 5.91 Å². The molecule has 7 heteroatoms. The molecule has 0 radical (unpaired) electrons. The van der Waals surface area contributed by atoms with Gasteiger partial charge >= 0.3 is 0 Å². The minimum Gasteiger partial charge on any atom is -0.451 e. The van der Waals surface area contributed by atoms with Gasteiger partial charge in [-0.2, -0.15) is 0 Å². The third-order valence-electron chi connectivity index (χ3n) is 3.56. The van der Waals surface area contributed by atoms with Gasteiger partial charge in [-0.3, -0.25) is 4.79 Å². The Morgan fingerprint density at radius 3 is 2.40 bits per heavy atom. The molecule has 1 aromatic heterocycles. The Morgan fingerprint density at radius 1 is 1.04 bits per heavy atom. The Balaban J connectivity index is 1.85. The summed E-state index contributed by atoms with van der Waals surface area (Å²) in [5.74, 6) is 0.164. The predicted octanol–water partition coefficient (Wildman–Crippen LogP) is 6.05. The molecule has 0 bridgehead atoms. The monoisotopic (exact) mass is 394 g/mol. The van der Waals surface area contributed by atoms with Crippen molar-refractivity contribution in [3.8, 4) is 11.3 Å². The summed E-state index contributed by atoms with van der Waals surface area (Å²) in [6.07, 6.45) is 0. The first-order valence-corrected chi connectivity index (χ1v) is 8.40. The van der Waals surface area contributed by atoms with Crippen LogP contribution in [0.5, 0.6) is 0 Å². The summed E-state index contributed by atoms with van der Waals surface area (Å²) in [6, 6.07) is 11.5. The van der Waals surface area contributed by atoms with E-state index in [1.165, 1.54) is 0 Å². The summed E-state index contributed by atoms with van der Waals surface area (Å²) in [6.45, 7) is 1.83. The zero-order valence-corrected chi connectivity index (χ0v) is 15.3. The first kappa shape index (κ1) is 17.7. The maximum absolute atomic E-state index is 12.4. The van der Waals surface area contributed by atoms with Gasteiger partial charge in [-0.1, -0.05) is 34.8 Å². The van der Waals surface area contributed by atoms with Crippen LogP contribution in [0.1, 0.15) is 16.1 Å². The average molecular weight is 396 g/mol.